The average Bonchev–Trinajstić information content (AvgIpc) is 3.43. The summed E-state index contributed by atoms with van der Waals surface area (Å²) in [6, 6.07) is 15.9. The third kappa shape index (κ3) is 5.70. The van der Waals surface area contributed by atoms with E-state index >= 15 is 0 Å². The number of benzene rings is 2. The van der Waals surface area contributed by atoms with Crippen LogP contribution in [0.1, 0.15) is 19.3 Å². The van der Waals surface area contributed by atoms with Crippen molar-refractivity contribution >= 4 is 45.1 Å². The van der Waals surface area contributed by atoms with E-state index in [1.807, 2.05) is 47.4 Å². The lowest BCUT2D eigenvalue weighted by atomic mass is 9.99. The van der Waals surface area contributed by atoms with Crippen molar-refractivity contribution in [3.05, 3.63) is 66.1 Å². The average molecular weight is 600 g/mol. The molecule has 11 heteroatoms. The van der Waals surface area contributed by atoms with Crippen molar-refractivity contribution in [2.45, 2.75) is 31.3 Å². The van der Waals surface area contributed by atoms with Crippen LogP contribution in [-0.4, -0.2) is 82.6 Å². The first-order valence-electron chi connectivity index (χ1n) is 14.3. The van der Waals surface area contributed by atoms with Gasteiger partial charge in [-0.2, -0.15) is 15.2 Å². The molecule has 0 spiro atoms. The van der Waals surface area contributed by atoms with E-state index in [1.165, 1.54) is 4.90 Å². The van der Waals surface area contributed by atoms with Crippen LogP contribution in [0.15, 0.2) is 61.1 Å². The zero-order chi connectivity index (χ0) is 30.1. The number of nitriles is 1. The molecule has 1 unspecified atom stereocenters. The fourth-order valence-electron chi connectivity index (χ4n) is 6.06. The number of likely N-dealkylation sites (tertiary alicyclic amines) is 1. The Kier molecular flexibility index (Phi) is 8.10. The van der Waals surface area contributed by atoms with Crippen molar-refractivity contribution in [2.75, 3.05) is 44.7 Å². The number of piperazine rings is 1. The van der Waals surface area contributed by atoms with E-state index in [4.69, 9.17) is 31.3 Å². The second kappa shape index (κ2) is 12.1. The molecule has 1 amide bonds. The highest BCUT2D eigenvalue weighted by atomic mass is 35.5. The summed E-state index contributed by atoms with van der Waals surface area (Å²) >= 11 is 6.63. The number of amides is 1. The van der Waals surface area contributed by atoms with Crippen molar-refractivity contribution < 1.29 is 13.9 Å². The molecule has 9 nitrogen and oxygen atoms in total. The molecule has 0 N–H and O–H groups in total. The highest BCUT2D eigenvalue weighted by molar-refractivity contribution is 6.36. The van der Waals surface area contributed by atoms with Gasteiger partial charge >= 0.3 is 6.01 Å². The van der Waals surface area contributed by atoms with Crippen LogP contribution >= 0.6 is 11.6 Å². The number of nitrogens with zero attached hydrogens (tertiary/aromatic N) is 7. The summed E-state index contributed by atoms with van der Waals surface area (Å²) in [5, 5.41) is 12.1. The lowest BCUT2D eigenvalue weighted by molar-refractivity contribution is -0.131. The van der Waals surface area contributed by atoms with Crippen LogP contribution in [0, 0.1) is 11.3 Å². The number of hydrogen-bond acceptors (Lipinski definition) is 8. The predicted octanol–water partition coefficient (Wildman–Crippen LogP) is 5.39. The van der Waals surface area contributed by atoms with Gasteiger partial charge in [-0.05, 0) is 49.5 Å². The van der Waals surface area contributed by atoms with Crippen LogP contribution < -0.4 is 9.64 Å². The molecule has 0 saturated carbocycles. The quantitative estimate of drug-likeness (QED) is 0.261. The first-order chi connectivity index (χ1) is 20.8. The molecule has 2 saturated heterocycles. The molecule has 4 heterocycles. The molecular weight excluding hydrogens is 569 g/mol. The number of carbonyl (C=O) groups excluding carboxylic acids is 1. The molecule has 2 atom stereocenters. The fraction of sp³-hybridized carbons (Fsp3) is 0.344. The molecule has 4 aromatic rings. The van der Waals surface area contributed by atoms with Crippen molar-refractivity contribution in [1.29, 1.82) is 5.26 Å². The number of likely N-dealkylation sites (N-methyl/N-ethyl adjacent to an activating group) is 1. The van der Waals surface area contributed by atoms with Gasteiger partial charge in [-0.1, -0.05) is 48.5 Å². The fourth-order valence-corrected chi connectivity index (χ4v) is 6.35. The first kappa shape index (κ1) is 28.8. The monoisotopic (exact) mass is 599 g/mol. The van der Waals surface area contributed by atoms with Gasteiger partial charge in [0.05, 0.1) is 24.0 Å². The van der Waals surface area contributed by atoms with Crippen molar-refractivity contribution in [3.8, 4) is 23.2 Å². The molecule has 2 aliphatic rings. The van der Waals surface area contributed by atoms with Gasteiger partial charge < -0.3 is 19.4 Å². The van der Waals surface area contributed by atoms with Crippen LogP contribution in [0.25, 0.3) is 32.9 Å². The Bertz CT molecular complexity index is 1750. The van der Waals surface area contributed by atoms with Crippen LogP contribution in [0.5, 0.6) is 6.01 Å². The molecular formula is C32H31ClFN7O2. The Balaban J connectivity index is 1.41. The molecule has 2 aromatic heterocycles. The van der Waals surface area contributed by atoms with E-state index < -0.39 is 17.8 Å². The van der Waals surface area contributed by atoms with Gasteiger partial charge in [-0.3, -0.25) is 9.78 Å². The van der Waals surface area contributed by atoms with Crippen molar-refractivity contribution in [1.82, 2.24) is 24.8 Å². The van der Waals surface area contributed by atoms with E-state index in [-0.39, 0.29) is 31.6 Å². The second-order valence-corrected chi connectivity index (χ2v) is 11.4. The Labute approximate surface area is 254 Å². The Morgan fingerprint density at radius 1 is 1.19 bits per heavy atom. The third-order valence-corrected chi connectivity index (χ3v) is 8.66. The van der Waals surface area contributed by atoms with E-state index in [2.05, 4.69) is 24.6 Å². The zero-order valence-corrected chi connectivity index (χ0v) is 24.6. The smallest absolute Gasteiger partial charge is 0.319 e. The lowest BCUT2D eigenvalue weighted by Crippen LogP contribution is -2.55. The number of aromatic nitrogens is 3. The lowest BCUT2D eigenvalue weighted by Gasteiger charge is -2.41. The summed E-state index contributed by atoms with van der Waals surface area (Å²) in [7, 11) is 2.08. The number of anilines is 1. The minimum Gasteiger partial charge on any atom is -0.462 e. The van der Waals surface area contributed by atoms with Crippen LogP contribution in [0.4, 0.5) is 10.2 Å². The Hall–Kier alpha value is -4.33. The number of halogens is 2. The Morgan fingerprint density at radius 3 is 2.74 bits per heavy atom. The van der Waals surface area contributed by atoms with Gasteiger partial charge in [-0.15, -0.1) is 0 Å². The molecule has 0 aliphatic carbocycles. The van der Waals surface area contributed by atoms with E-state index in [9.17, 15) is 14.4 Å². The molecule has 0 bridgehead atoms. The van der Waals surface area contributed by atoms with Crippen molar-refractivity contribution in [3.63, 3.8) is 0 Å². The molecule has 2 fully saturated rings. The molecule has 43 heavy (non-hydrogen) atoms. The number of fused-ring (bicyclic) bond motifs is 2. The van der Waals surface area contributed by atoms with E-state index in [0.717, 1.165) is 41.3 Å². The van der Waals surface area contributed by atoms with E-state index in [1.54, 1.807) is 6.20 Å². The SMILES string of the molecule is C=C(F)C(=O)N1CCN(c2nc(OCC3CCCN3C)nc3cc(-c4cccc5cccc(Cl)c45)cnc23)C[C@@H]1CC#N. The summed E-state index contributed by atoms with van der Waals surface area (Å²) < 4.78 is 20.0. The molecule has 6 rings (SSSR count). The number of hydrogen-bond donors (Lipinski definition) is 0. The molecule has 2 aromatic carbocycles. The van der Waals surface area contributed by atoms with Crippen LogP contribution in [0.3, 0.4) is 0 Å². The van der Waals surface area contributed by atoms with Gasteiger partial charge in [0.2, 0.25) is 0 Å². The van der Waals surface area contributed by atoms with Gasteiger partial charge in [0.1, 0.15) is 12.1 Å². The minimum atomic E-state index is -1.04. The zero-order valence-electron chi connectivity index (χ0n) is 23.8. The maximum Gasteiger partial charge on any atom is 0.319 e. The second-order valence-electron chi connectivity index (χ2n) is 11.0. The summed E-state index contributed by atoms with van der Waals surface area (Å²) in [5.41, 5.74) is 2.93. The van der Waals surface area contributed by atoms with Gasteiger partial charge in [0.15, 0.2) is 11.6 Å². The Morgan fingerprint density at radius 2 is 2.00 bits per heavy atom. The maximum absolute atomic E-state index is 13.8. The van der Waals surface area contributed by atoms with E-state index in [0.29, 0.717) is 35.0 Å². The highest BCUT2D eigenvalue weighted by Crippen LogP contribution is 2.36. The third-order valence-electron chi connectivity index (χ3n) is 8.34. The van der Waals surface area contributed by atoms with Crippen molar-refractivity contribution in [2.24, 2.45) is 0 Å². The standard InChI is InChI=1S/C32H31ClFN7O2/c1-20(34)31(42)41-15-14-40(18-23(41)11-12-35)30-29-27(37-32(38-30)43-19-24-8-5-13-39(24)2)16-22(17-36-29)25-9-3-6-21-7-4-10-26(33)28(21)25/h3-4,6-7,9-10,16-17,23-24H,1,5,8,11,13-15,18-19H2,2H3/t23-,24?/m0/s1. The highest BCUT2D eigenvalue weighted by Gasteiger charge is 2.33. The van der Waals surface area contributed by atoms with Gasteiger partial charge in [0.25, 0.3) is 5.91 Å². The van der Waals surface area contributed by atoms with Gasteiger partial charge in [0, 0.05) is 47.8 Å². The first-order valence-corrected chi connectivity index (χ1v) is 14.7. The summed E-state index contributed by atoms with van der Waals surface area (Å²) in [5.74, 6) is -1.30. The van der Waals surface area contributed by atoms with Crippen LogP contribution in [0.2, 0.25) is 5.02 Å². The topological polar surface area (TPSA) is 98.5 Å². The van der Waals surface area contributed by atoms with Gasteiger partial charge in [-0.25, -0.2) is 4.39 Å². The normalized spacial score (nSPS) is 19.1. The summed E-state index contributed by atoms with van der Waals surface area (Å²) in [6.45, 7) is 5.46. The molecule has 2 aliphatic heterocycles. The number of pyridine rings is 1. The maximum atomic E-state index is 13.8. The summed E-state index contributed by atoms with van der Waals surface area (Å²) in [6.07, 6.45) is 3.97. The molecule has 0 radical (unpaired) electrons. The summed E-state index contributed by atoms with van der Waals surface area (Å²) in [4.78, 5) is 32.5. The number of ether oxygens (including phenoxy) is 1. The number of rotatable bonds is 7. The minimum absolute atomic E-state index is 0.0370. The molecule has 220 valence electrons. The largest absolute Gasteiger partial charge is 0.462 e. The predicted molar refractivity (Wildman–Crippen MR) is 165 cm³/mol. The number of carbonyl (C=O) groups is 1. The van der Waals surface area contributed by atoms with Crippen LogP contribution in [-0.2, 0) is 4.79 Å².